The Kier molecular flexibility index (Phi) is 4.54. The molecule has 6 nitrogen and oxygen atoms in total. The van der Waals surface area contributed by atoms with E-state index in [1.54, 1.807) is 12.4 Å². The number of anilines is 1. The zero-order valence-corrected chi connectivity index (χ0v) is 12.3. The van der Waals surface area contributed by atoms with Gasteiger partial charge in [-0.25, -0.2) is 14.8 Å². The molecule has 2 heterocycles. The number of carbonyl (C=O) groups excluding carboxylic acids is 1. The number of carbonyl (C=O) groups is 1. The van der Waals surface area contributed by atoms with Gasteiger partial charge >= 0.3 is 6.09 Å². The molecule has 1 amide bonds. The van der Waals surface area contributed by atoms with Gasteiger partial charge in [0.2, 0.25) is 5.95 Å². The van der Waals surface area contributed by atoms with Crippen LogP contribution >= 0.6 is 0 Å². The number of ether oxygens (including phenoxy) is 1. The first-order valence-electron chi connectivity index (χ1n) is 6.94. The summed E-state index contributed by atoms with van der Waals surface area (Å²) in [5.74, 6) is 0.927. The normalized spacial score (nSPS) is 18.9. The largest absolute Gasteiger partial charge is 0.444 e. The predicted octanol–water partition coefficient (Wildman–Crippen LogP) is 1.98. The van der Waals surface area contributed by atoms with Crippen LogP contribution in [0.15, 0.2) is 12.4 Å². The monoisotopic (exact) mass is 278 g/mol. The fraction of sp³-hybridized carbons (Fsp3) is 0.643. The van der Waals surface area contributed by atoms with Crippen LogP contribution in [0.5, 0.6) is 0 Å². The second-order valence-corrected chi connectivity index (χ2v) is 6.10. The molecule has 0 spiro atoms. The fourth-order valence-electron chi connectivity index (χ4n) is 2.14. The van der Waals surface area contributed by atoms with Gasteiger partial charge in [-0.05, 0) is 58.2 Å². The molecule has 1 fully saturated rings. The van der Waals surface area contributed by atoms with E-state index in [-0.39, 0.29) is 5.95 Å². The van der Waals surface area contributed by atoms with Crippen LogP contribution in [0.25, 0.3) is 0 Å². The van der Waals surface area contributed by atoms with Gasteiger partial charge in [-0.15, -0.1) is 0 Å². The van der Waals surface area contributed by atoms with Crippen LogP contribution in [0, 0.1) is 5.92 Å². The maximum Gasteiger partial charge on any atom is 0.414 e. The lowest BCUT2D eigenvalue weighted by atomic mass is 10.0. The van der Waals surface area contributed by atoms with E-state index < -0.39 is 11.7 Å². The van der Waals surface area contributed by atoms with E-state index in [9.17, 15) is 4.79 Å². The third kappa shape index (κ3) is 4.77. The molecule has 0 saturated carbocycles. The van der Waals surface area contributed by atoms with Crippen molar-refractivity contribution < 1.29 is 9.53 Å². The molecular weight excluding hydrogens is 256 g/mol. The molecule has 1 unspecified atom stereocenters. The van der Waals surface area contributed by atoms with Crippen LogP contribution in [-0.4, -0.2) is 34.8 Å². The first-order valence-corrected chi connectivity index (χ1v) is 6.94. The highest BCUT2D eigenvalue weighted by Gasteiger charge is 2.17. The van der Waals surface area contributed by atoms with E-state index >= 15 is 0 Å². The standard InChI is InChI=1S/C14H22N4O2/c1-14(2,3)20-13(19)18-12-16-8-11(9-17-12)6-10-4-5-15-7-10/h8-10,15H,4-7H2,1-3H3,(H,16,17,18,19). The maximum atomic E-state index is 11.6. The van der Waals surface area contributed by atoms with E-state index in [4.69, 9.17) is 4.74 Å². The van der Waals surface area contributed by atoms with Gasteiger partial charge in [-0.1, -0.05) is 0 Å². The minimum atomic E-state index is -0.537. The lowest BCUT2D eigenvalue weighted by Crippen LogP contribution is -2.27. The topological polar surface area (TPSA) is 76.1 Å². The van der Waals surface area contributed by atoms with Crippen LogP contribution in [0.3, 0.4) is 0 Å². The average Bonchev–Trinajstić information content (AvgIpc) is 2.82. The van der Waals surface area contributed by atoms with Crippen LogP contribution in [-0.2, 0) is 11.2 Å². The van der Waals surface area contributed by atoms with Crippen molar-refractivity contribution >= 4 is 12.0 Å². The third-order valence-electron chi connectivity index (χ3n) is 3.00. The number of rotatable bonds is 3. The molecule has 1 atom stereocenters. The highest BCUT2D eigenvalue weighted by Crippen LogP contribution is 2.14. The first kappa shape index (κ1) is 14.7. The van der Waals surface area contributed by atoms with Crippen LogP contribution in [0.4, 0.5) is 10.7 Å². The van der Waals surface area contributed by atoms with Gasteiger partial charge in [-0.2, -0.15) is 0 Å². The molecule has 2 rings (SSSR count). The Morgan fingerprint density at radius 2 is 2.15 bits per heavy atom. The zero-order valence-electron chi connectivity index (χ0n) is 12.3. The van der Waals surface area contributed by atoms with Gasteiger partial charge in [0.1, 0.15) is 5.60 Å². The Morgan fingerprint density at radius 3 is 2.70 bits per heavy atom. The van der Waals surface area contributed by atoms with Gasteiger partial charge < -0.3 is 10.1 Å². The smallest absolute Gasteiger partial charge is 0.414 e. The number of nitrogens with zero attached hydrogens (tertiary/aromatic N) is 2. The quantitative estimate of drug-likeness (QED) is 0.884. The molecule has 0 bridgehead atoms. The summed E-state index contributed by atoms with van der Waals surface area (Å²) in [7, 11) is 0. The number of hydrogen-bond donors (Lipinski definition) is 2. The Morgan fingerprint density at radius 1 is 1.45 bits per heavy atom. The van der Waals surface area contributed by atoms with Crippen LogP contribution < -0.4 is 10.6 Å². The van der Waals surface area contributed by atoms with Crippen LogP contribution in [0.2, 0.25) is 0 Å². The molecule has 1 aromatic heterocycles. The van der Waals surface area contributed by atoms with Crippen molar-refractivity contribution in [3.05, 3.63) is 18.0 Å². The van der Waals surface area contributed by atoms with Crippen LogP contribution in [0.1, 0.15) is 32.8 Å². The Bertz CT molecular complexity index is 447. The van der Waals surface area contributed by atoms with Crippen molar-refractivity contribution in [2.24, 2.45) is 5.92 Å². The van der Waals surface area contributed by atoms with E-state index in [0.717, 1.165) is 25.1 Å². The average molecular weight is 278 g/mol. The Hall–Kier alpha value is -1.69. The molecule has 110 valence electrons. The molecular formula is C14H22N4O2. The van der Waals surface area contributed by atoms with Gasteiger partial charge in [0.25, 0.3) is 0 Å². The van der Waals surface area contributed by atoms with Crippen molar-refractivity contribution in [3.8, 4) is 0 Å². The van der Waals surface area contributed by atoms with Gasteiger partial charge in [0, 0.05) is 12.4 Å². The van der Waals surface area contributed by atoms with Gasteiger partial charge in [-0.3, -0.25) is 5.32 Å². The van der Waals surface area contributed by atoms with E-state index in [0.29, 0.717) is 5.92 Å². The Labute approximate surface area is 119 Å². The second kappa shape index (κ2) is 6.17. The van der Waals surface area contributed by atoms with E-state index in [1.165, 1.54) is 6.42 Å². The number of nitrogens with one attached hydrogen (secondary N) is 2. The molecule has 0 aliphatic carbocycles. The lowest BCUT2D eigenvalue weighted by Gasteiger charge is -2.19. The summed E-state index contributed by atoms with van der Waals surface area (Å²) in [4.78, 5) is 19.9. The van der Waals surface area contributed by atoms with Crippen molar-refractivity contribution in [2.45, 2.75) is 39.2 Å². The van der Waals surface area contributed by atoms with Gasteiger partial charge in [0.05, 0.1) is 0 Å². The van der Waals surface area contributed by atoms with Gasteiger partial charge in [0.15, 0.2) is 0 Å². The maximum absolute atomic E-state index is 11.6. The van der Waals surface area contributed by atoms with E-state index in [2.05, 4.69) is 20.6 Å². The zero-order chi connectivity index (χ0) is 14.6. The van der Waals surface area contributed by atoms with E-state index in [1.807, 2.05) is 20.8 Å². The molecule has 20 heavy (non-hydrogen) atoms. The third-order valence-corrected chi connectivity index (χ3v) is 3.00. The molecule has 1 aromatic rings. The lowest BCUT2D eigenvalue weighted by molar-refractivity contribution is 0.0634. The number of aromatic nitrogens is 2. The summed E-state index contributed by atoms with van der Waals surface area (Å²) in [6.45, 7) is 7.58. The molecule has 0 radical (unpaired) electrons. The molecule has 1 aliphatic heterocycles. The molecule has 1 aliphatic rings. The predicted molar refractivity (Wildman–Crippen MR) is 76.6 cm³/mol. The van der Waals surface area contributed by atoms with Crippen molar-refractivity contribution in [1.82, 2.24) is 15.3 Å². The van der Waals surface area contributed by atoms with Crippen molar-refractivity contribution in [3.63, 3.8) is 0 Å². The molecule has 1 saturated heterocycles. The minimum Gasteiger partial charge on any atom is -0.444 e. The summed E-state index contributed by atoms with van der Waals surface area (Å²) in [5, 5.41) is 5.86. The summed E-state index contributed by atoms with van der Waals surface area (Å²) < 4.78 is 5.14. The fourth-order valence-corrected chi connectivity index (χ4v) is 2.14. The van der Waals surface area contributed by atoms with Crippen molar-refractivity contribution in [1.29, 1.82) is 0 Å². The highest BCUT2D eigenvalue weighted by molar-refractivity contribution is 5.82. The molecule has 0 aromatic carbocycles. The summed E-state index contributed by atoms with van der Waals surface area (Å²) in [6.07, 6.45) is 5.15. The number of hydrogen-bond acceptors (Lipinski definition) is 5. The molecule has 2 N–H and O–H groups in total. The Balaban J connectivity index is 1.86. The number of amides is 1. The summed E-state index contributed by atoms with van der Waals surface area (Å²) >= 11 is 0. The SMILES string of the molecule is CC(C)(C)OC(=O)Nc1ncc(CC2CCNC2)cn1. The molecule has 6 heteroatoms. The highest BCUT2D eigenvalue weighted by atomic mass is 16.6. The summed E-state index contributed by atoms with van der Waals surface area (Å²) in [6, 6.07) is 0. The van der Waals surface area contributed by atoms with Crippen molar-refractivity contribution in [2.75, 3.05) is 18.4 Å². The summed E-state index contributed by atoms with van der Waals surface area (Å²) in [5.41, 5.74) is 0.563. The minimum absolute atomic E-state index is 0.271. The first-order chi connectivity index (χ1) is 9.42. The second-order valence-electron chi connectivity index (χ2n) is 6.10.